The summed E-state index contributed by atoms with van der Waals surface area (Å²) >= 11 is 0. The topological polar surface area (TPSA) is 46.2 Å². The van der Waals surface area contributed by atoms with Gasteiger partial charge in [0.1, 0.15) is 18.3 Å². The quantitative estimate of drug-likeness (QED) is 0.711. The van der Waals surface area contributed by atoms with Crippen molar-refractivity contribution in [2.45, 2.75) is 43.5 Å². The van der Waals surface area contributed by atoms with Gasteiger partial charge in [-0.05, 0) is 13.3 Å². The summed E-state index contributed by atoms with van der Waals surface area (Å²) < 4.78 is 28.0. The standard InChI is InChI=1S/C11H20O5/c1-11-10(14-4)9(13-3)8(12-2)7(16-11)5-6-15-11/h7-10H,5-6H2,1-4H3/t7-,8+,9-,10-,11-/m0/s1. The Balaban J connectivity index is 2.26. The molecule has 2 fully saturated rings. The van der Waals surface area contributed by atoms with Gasteiger partial charge < -0.3 is 23.7 Å². The largest absolute Gasteiger partial charge is 0.376 e. The lowest BCUT2D eigenvalue weighted by atomic mass is 9.89. The summed E-state index contributed by atoms with van der Waals surface area (Å²) in [5, 5.41) is 0. The molecule has 0 unspecified atom stereocenters. The maximum absolute atomic E-state index is 5.90. The summed E-state index contributed by atoms with van der Waals surface area (Å²) in [5.41, 5.74) is 0. The van der Waals surface area contributed by atoms with Crippen molar-refractivity contribution in [2.75, 3.05) is 27.9 Å². The van der Waals surface area contributed by atoms with E-state index in [9.17, 15) is 0 Å². The molecule has 2 rings (SSSR count). The van der Waals surface area contributed by atoms with Gasteiger partial charge in [0.25, 0.3) is 0 Å². The molecule has 2 aliphatic heterocycles. The number of ether oxygens (including phenoxy) is 5. The molecule has 0 spiro atoms. The highest BCUT2D eigenvalue weighted by Crippen LogP contribution is 2.39. The maximum atomic E-state index is 5.90. The van der Waals surface area contributed by atoms with Crippen molar-refractivity contribution in [1.82, 2.24) is 0 Å². The van der Waals surface area contributed by atoms with E-state index in [1.165, 1.54) is 0 Å². The van der Waals surface area contributed by atoms with Crippen LogP contribution in [-0.2, 0) is 23.7 Å². The average Bonchev–Trinajstić information content (AvgIpc) is 2.28. The van der Waals surface area contributed by atoms with Crippen molar-refractivity contribution in [1.29, 1.82) is 0 Å². The van der Waals surface area contributed by atoms with E-state index in [0.29, 0.717) is 6.61 Å². The molecule has 5 nitrogen and oxygen atoms in total. The van der Waals surface area contributed by atoms with Gasteiger partial charge in [-0.15, -0.1) is 0 Å². The van der Waals surface area contributed by atoms with Gasteiger partial charge in [-0.25, -0.2) is 0 Å². The first-order valence-electron chi connectivity index (χ1n) is 5.56. The van der Waals surface area contributed by atoms with Gasteiger partial charge >= 0.3 is 0 Å². The van der Waals surface area contributed by atoms with E-state index >= 15 is 0 Å². The fourth-order valence-corrected chi connectivity index (χ4v) is 2.73. The Hall–Kier alpha value is -0.200. The van der Waals surface area contributed by atoms with E-state index in [0.717, 1.165) is 6.42 Å². The third-order valence-corrected chi connectivity index (χ3v) is 3.48. The van der Waals surface area contributed by atoms with E-state index < -0.39 is 5.79 Å². The molecule has 0 N–H and O–H groups in total. The molecule has 2 aliphatic rings. The smallest absolute Gasteiger partial charge is 0.194 e. The van der Waals surface area contributed by atoms with Crippen LogP contribution in [-0.4, -0.2) is 58.1 Å². The molecule has 0 radical (unpaired) electrons. The van der Waals surface area contributed by atoms with Gasteiger partial charge in [0.15, 0.2) is 5.79 Å². The minimum absolute atomic E-state index is 0.0140. The van der Waals surface area contributed by atoms with Crippen LogP contribution in [0.15, 0.2) is 0 Å². The summed E-state index contributed by atoms with van der Waals surface area (Å²) in [6.07, 6.45) is 0.287. The second-order valence-electron chi connectivity index (χ2n) is 4.37. The average molecular weight is 232 g/mol. The van der Waals surface area contributed by atoms with Crippen molar-refractivity contribution in [2.24, 2.45) is 0 Å². The Kier molecular flexibility index (Phi) is 3.51. The molecule has 16 heavy (non-hydrogen) atoms. The van der Waals surface area contributed by atoms with E-state index in [2.05, 4.69) is 0 Å². The van der Waals surface area contributed by atoms with Gasteiger partial charge in [-0.1, -0.05) is 0 Å². The minimum Gasteiger partial charge on any atom is -0.376 e. The fourth-order valence-electron chi connectivity index (χ4n) is 2.73. The van der Waals surface area contributed by atoms with Crippen LogP contribution in [0.1, 0.15) is 13.3 Å². The molecule has 2 saturated heterocycles. The molecule has 0 amide bonds. The van der Waals surface area contributed by atoms with Crippen molar-refractivity contribution >= 4 is 0 Å². The summed E-state index contributed by atoms with van der Waals surface area (Å²) in [5.74, 6) is -0.729. The van der Waals surface area contributed by atoms with E-state index in [1.807, 2.05) is 6.92 Å². The van der Waals surface area contributed by atoms with Crippen LogP contribution in [0, 0.1) is 0 Å². The van der Waals surface area contributed by atoms with Crippen LogP contribution in [0.2, 0.25) is 0 Å². The number of methoxy groups -OCH3 is 3. The lowest BCUT2D eigenvalue weighted by Crippen LogP contribution is -2.68. The first kappa shape index (κ1) is 12.3. The van der Waals surface area contributed by atoms with Gasteiger partial charge in [0, 0.05) is 21.3 Å². The van der Waals surface area contributed by atoms with Gasteiger partial charge in [-0.3, -0.25) is 0 Å². The molecule has 5 heteroatoms. The van der Waals surface area contributed by atoms with E-state index in [4.69, 9.17) is 23.7 Å². The highest BCUT2D eigenvalue weighted by Gasteiger charge is 2.56. The maximum Gasteiger partial charge on any atom is 0.194 e. The van der Waals surface area contributed by atoms with Crippen LogP contribution in [0.4, 0.5) is 0 Å². The Bertz CT molecular complexity index is 247. The van der Waals surface area contributed by atoms with Crippen molar-refractivity contribution in [3.63, 3.8) is 0 Å². The zero-order chi connectivity index (χ0) is 11.8. The number of hydrogen-bond donors (Lipinski definition) is 0. The summed E-state index contributed by atoms with van der Waals surface area (Å²) in [6.45, 7) is 2.56. The molecule has 0 aromatic heterocycles. The molecule has 0 aromatic carbocycles. The minimum atomic E-state index is -0.729. The third kappa shape index (κ3) is 1.76. The Morgan fingerprint density at radius 2 is 1.75 bits per heavy atom. The predicted octanol–water partition coefficient (Wildman–Crippen LogP) is 0.567. The molecule has 94 valence electrons. The molecule has 5 atom stereocenters. The molecule has 0 aliphatic carbocycles. The van der Waals surface area contributed by atoms with Crippen molar-refractivity contribution in [3.05, 3.63) is 0 Å². The zero-order valence-corrected chi connectivity index (χ0v) is 10.3. The Morgan fingerprint density at radius 3 is 2.31 bits per heavy atom. The lowest BCUT2D eigenvalue weighted by molar-refractivity contribution is -0.385. The lowest BCUT2D eigenvalue weighted by Gasteiger charge is -2.52. The number of rotatable bonds is 3. The number of hydrogen-bond acceptors (Lipinski definition) is 5. The summed E-state index contributed by atoms with van der Waals surface area (Å²) in [4.78, 5) is 0. The van der Waals surface area contributed by atoms with E-state index in [-0.39, 0.29) is 24.4 Å². The van der Waals surface area contributed by atoms with Gasteiger partial charge in [0.05, 0.1) is 12.7 Å². The van der Waals surface area contributed by atoms with Crippen LogP contribution in [0.5, 0.6) is 0 Å². The zero-order valence-electron chi connectivity index (χ0n) is 10.3. The predicted molar refractivity (Wildman–Crippen MR) is 56.2 cm³/mol. The van der Waals surface area contributed by atoms with Crippen LogP contribution >= 0.6 is 0 Å². The molecule has 0 aromatic rings. The van der Waals surface area contributed by atoms with Crippen LogP contribution in [0.3, 0.4) is 0 Å². The highest BCUT2D eigenvalue weighted by molar-refractivity contribution is 4.99. The molecular formula is C11H20O5. The molecule has 2 bridgehead atoms. The summed E-state index contributed by atoms with van der Waals surface area (Å²) in [7, 11) is 4.97. The number of fused-ring (bicyclic) bond motifs is 2. The molecule has 0 saturated carbocycles. The Morgan fingerprint density at radius 1 is 1.06 bits per heavy atom. The third-order valence-electron chi connectivity index (χ3n) is 3.48. The normalized spacial score (nSPS) is 48.0. The van der Waals surface area contributed by atoms with Gasteiger partial charge in [0.2, 0.25) is 0 Å². The van der Waals surface area contributed by atoms with Crippen LogP contribution in [0.25, 0.3) is 0 Å². The van der Waals surface area contributed by atoms with Crippen LogP contribution < -0.4 is 0 Å². The molecule has 2 heterocycles. The monoisotopic (exact) mass is 232 g/mol. The second-order valence-corrected chi connectivity index (χ2v) is 4.37. The SMILES string of the molecule is CO[C@H]1[C@H](OC)[C@H](OC)[C@@]2(C)OCC[C@@H]1O2. The van der Waals surface area contributed by atoms with Crippen molar-refractivity contribution in [3.8, 4) is 0 Å². The first-order valence-corrected chi connectivity index (χ1v) is 5.56. The second kappa shape index (κ2) is 4.58. The fraction of sp³-hybridized carbons (Fsp3) is 1.00. The highest BCUT2D eigenvalue weighted by atomic mass is 16.7. The molecular weight excluding hydrogens is 212 g/mol. The van der Waals surface area contributed by atoms with Gasteiger partial charge in [-0.2, -0.15) is 0 Å². The van der Waals surface area contributed by atoms with Crippen molar-refractivity contribution < 1.29 is 23.7 Å². The first-order chi connectivity index (χ1) is 7.66. The Labute approximate surface area is 95.9 Å². The van der Waals surface area contributed by atoms with E-state index in [1.54, 1.807) is 21.3 Å². The summed E-state index contributed by atoms with van der Waals surface area (Å²) in [6, 6.07) is 0.